The first-order valence-electron chi connectivity index (χ1n) is 7.85. The Morgan fingerprint density at radius 1 is 1.29 bits per heavy atom. The van der Waals surface area contributed by atoms with Gasteiger partial charge in [0.05, 0.1) is 0 Å². The van der Waals surface area contributed by atoms with Gasteiger partial charge in [-0.2, -0.15) is 0 Å². The molecule has 21 heavy (non-hydrogen) atoms. The number of hydrogen-bond donors (Lipinski definition) is 2. The zero-order valence-corrected chi connectivity index (χ0v) is 15.3. The van der Waals surface area contributed by atoms with E-state index in [2.05, 4.69) is 31.0 Å². The van der Waals surface area contributed by atoms with Crippen LogP contribution >= 0.6 is 24.8 Å². The zero-order valence-electron chi connectivity index (χ0n) is 13.6. The van der Waals surface area contributed by atoms with Crippen LogP contribution in [0.4, 0.5) is 0 Å². The van der Waals surface area contributed by atoms with Crippen molar-refractivity contribution in [3.05, 3.63) is 0 Å². The van der Waals surface area contributed by atoms with E-state index in [1.807, 2.05) is 0 Å². The van der Waals surface area contributed by atoms with E-state index in [1.54, 1.807) is 0 Å². The van der Waals surface area contributed by atoms with E-state index in [4.69, 9.17) is 5.73 Å². The number of carbonyl (C=O) groups excluding carboxylic acids is 1. The maximum atomic E-state index is 12.0. The lowest BCUT2D eigenvalue weighted by Gasteiger charge is -2.20. The van der Waals surface area contributed by atoms with Crippen molar-refractivity contribution in [3.63, 3.8) is 0 Å². The molecule has 0 aromatic heterocycles. The van der Waals surface area contributed by atoms with E-state index >= 15 is 0 Å². The first-order chi connectivity index (χ1) is 9.06. The minimum absolute atomic E-state index is 0. The highest BCUT2D eigenvalue weighted by Gasteiger charge is 2.28. The summed E-state index contributed by atoms with van der Waals surface area (Å²) < 4.78 is 0. The summed E-state index contributed by atoms with van der Waals surface area (Å²) >= 11 is 0. The number of amides is 1. The first kappa shape index (κ1) is 23.2. The van der Waals surface area contributed by atoms with Gasteiger partial charge in [-0.05, 0) is 58.7 Å². The van der Waals surface area contributed by atoms with E-state index in [1.165, 1.54) is 0 Å². The summed E-state index contributed by atoms with van der Waals surface area (Å²) in [6, 6.07) is 0.508. The molecule has 3 atom stereocenters. The molecule has 0 heterocycles. The highest BCUT2D eigenvalue weighted by atomic mass is 35.5. The maximum absolute atomic E-state index is 12.0. The largest absolute Gasteiger partial charge is 0.353 e. The van der Waals surface area contributed by atoms with Gasteiger partial charge in [-0.1, -0.05) is 13.8 Å². The molecule has 0 aromatic rings. The Morgan fingerprint density at radius 3 is 2.38 bits per heavy atom. The maximum Gasteiger partial charge on any atom is 0.223 e. The van der Waals surface area contributed by atoms with Crippen LogP contribution in [0.3, 0.4) is 0 Å². The second kappa shape index (κ2) is 12.5. The summed E-state index contributed by atoms with van der Waals surface area (Å²) in [6.45, 7) is 9.83. The molecule has 1 rings (SSSR count). The highest BCUT2D eigenvalue weighted by Crippen LogP contribution is 2.24. The lowest BCUT2D eigenvalue weighted by molar-refractivity contribution is -0.125. The molecule has 1 fully saturated rings. The van der Waals surface area contributed by atoms with Gasteiger partial charge in [0.25, 0.3) is 0 Å². The minimum atomic E-state index is 0. The molecule has 0 bridgehead atoms. The predicted molar refractivity (Wildman–Crippen MR) is 94.4 cm³/mol. The summed E-state index contributed by atoms with van der Waals surface area (Å²) in [4.78, 5) is 14.5. The molecule has 1 amide bonds. The van der Waals surface area contributed by atoms with Crippen molar-refractivity contribution in [1.29, 1.82) is 0 Å². The summed E-state index contributed by atoms with van der Waals surface area (Å²) in [7, 11) is 0. The van der Waals surface area contributed by atoms with Gasteiger partial charge in [0.15, 0.2) is 0 Å². The van der Waals surface area contributed by atoms with Crippen LogP contribution in [0, 0.1) is 5.92 Å². The first-order valence-corrected chi connectivity index (χ1v) is 7.85. The Bertz CT molecular complexity index is 276. The van der Waals surface area contributed by atoms with E-state index in [0.717, 1.165) is 51.7 Å². The van der Waals surface area contributed by atoms with Gasteiger partial charge in [0, 0.05) is 18.0 Å². The van der Waals surface area contributed by atoms with Crippen molar-refractivity contribution in [1.82, 2.24) is 10.2 Å². The third-order valence-electron chi connectivity index (χ3n) is 4.24. The predicted octanol–water partition coefficient (Wildman–Crippen LogP) is 2.58. The number of nitrogens with one attached hydrogen (secondary N) is 1. The number of nitrogens with two attached hydrogens (primary N) is 1. The Balaban J connectivity index is 0. The van der Waals surface area contributed by atoms with Crippen molar-refractivity contribution in [2.24, 2.45) is 11.7 Å². The summed E-state index contributed by atoms with van der Waals surface area (Å²) in [6.07, 6.45) is 5.01. The monoisotopic (exact) mass is 341 g/mol. The molecular weight excluding hydrogens is 309 g/mol. The SMILES string of the molecule is CCN(CC)CCCC(C)NC(=O)C1CCC(N)C1.Cl.Cl. The van der Waals surface area contributed by atoms with Crippen molar-refractivity contribution in [2.75, 3.05) is 19.6 Å². The lowest BCUT2D eigenvalue weighted by Crippen LogP contribution is -2.37. The molecule has 1 aliphatic rings. The average Bonchev–Trinajstić information content (AvgIpc) is 2.81. The molecule has 4 nitrogen and oxygen atoms in total. The number of hydrogen-bond acceptors (Lipinski definition) is 3. The van der Waals surface area contributed by atoms with Crippen LogP contribution in [0.2, 0.25) is 0 Å². The molecule has 0 saturated heterocycles. The Kier molecular flexibility index (Phi) is 13.8. The molecule has 0 spiro atoms. The van der Waals surface area contributed by atoms with E-state index in [9.17, 15) is 4.79 Å². The van der Waals surface area contributed by atoms with Gasteiger partial charge in [-0.3, -0.25) is 4.79 Å². The van der Waals surface area contributed by atoms with Crippen LogP contribution < -0.4 is 11.1 Å². The fraction of sp³-hybridized carbons (Fsp3) is 0.933. The van der Waals surface area contributed by atoms with Gasteiger partial charge in [-0.15, -0.1) is 24.8 Å². The second-order valence-electron chi connectivity index (χ2n) is 5.85. The van der Waals surface area contributed by atoms with Gasteiger partial charge in [0.2, 0.25) is 5.91 Å². The Labute approximate surface area is 142 Å². The molecule has 0 aliphatic heterocycles. The molecule has 0 aromatic carbocycles. The molecule has 1 aliphatic carbocycles. The molecule has 3 N–H and O–H groups in total. The summed E-state index contributed by atoms with van der Waals surface area (Å²) in [5.74, 6) is 0.364. The summed E-state index contributed by atoms with van der Waals surface area (Å²) in [5.41, 5.74) is 5.85. The third kappa shape index (κ3) is 8.87. The van der Waals surface area contributed by atoms with Crippen molar-refractivity contribution in [3.8, 4) is 0 Å². The standard InChI is InChI=1S/C15H31N3O.2ClH/c1-4-18(5-2)10-6-7-12(3)17-15(19)13-8-9-14(16)11-13;;/h12-14H,4-11,16H2,1-3H3,(H,17,19);2*1H. The molecule has 128 valence electrons. The highest BCUT2D eigenvalue weighted by molar-refractivity contribution is 5.85. The van der Waals surface area contributed by atoms with Crippen molar-refractivity contribution < 1.29 is 4.79 Å². The van der Waals surface area contributed by atoms with Gasteiger partial charge < -0.3 is 16.0 Å². The van der Waals surface area contributed by atoms with E-state index in [0.29, 0.717) is 0 Å². The third-order valence-corrected chi connectivity index (χ3v) is 4.24. The van der Waals surface area contributed by atoms with Crippen LogP contribution in [-0.2, 0) is 4.79 Å². The topological polar surface area (TPSA) is 58.4 Å². The second-order valence-corrected chi connectivity index (χ2v) is 5.85. The number of nitrogens with zero attached hydrogens (tertiary/aromatic N) is 1. The van der Waals surface area contributed by atoms with Crippen LogP contribution in [0.15, 0.2) is 0 Å². The van der Waals surface area contributed by atoms with Gasteiger partial charge in [-0.25, -0.2) is 0 Å². The van der Waals surface area contributed by atoms with Crippen LogP contribution in [0.25, 0.3) is 0 Å². The van der Waals surface area contributed by atoms with Gasteiger partial charge in [0.1, 0.15) is 0 Å². The van der Waals surface area contributed by atoms with Crippen LogP contribution in [0.1, 0.15) is 52.9 Å². The zero-order chi connectivity index (χ0) is 14.3. The number of rotatable bonds is 8. The van der Waals surface area contributed by atoms with Crippen molar-refractivity contribution >= 4 is 30.7 Å². The lowest BCUT2D eigenvalue weighted by atomic mass is 10.1. The Morgan fingerprint density at radius 2 is 1.90 bits per heavy atom. The normalized spacial score (nSPS) is 22.3. The number of halogens is 2. The van der Waals surface area contributed by atoms with E-state index in [-0.39, 0.29) is 48.7 Å². The van der Waals surface area contributed by atoms with E-state index < -0.39 is 0 Å². The number of carbonyl (C=O) groups is 1. The van der Waals surface area contributed by atoms with Gasteiger partial charge >= 0.3 is 0 Å². The molecule has 6 heteroatoms. The van der Waals surface area contributed by atoms with Crippen LogP contribution in [-0.4, -0.2) is 42.5 Å². The van der Waals surface area contributed by atoms with Crippen molar-refractivity contribution in [2.45, 2.75) is 65.0 Å². The fourth-order valence-electron chi connectivity index (χ4n) is 2.85. The molecule has 1 saturated carbocycles. The average molecular weight is 342 g/mol. The fourth-order valence-corrected chi connectivity index (χ4v) is 2.85. The quantitative estimate of drug-likeness (QED) is 0.713. The minimum Gasteiger partial charge on any atom is -0.353 e. The summed E-state index contributed by atoms with van der Waals surface area (Å²) in [5, 5.41) is 3.14. The smallest absolute Gasteiger partial charge is 0.223 e. The Hall–Kier alpha value is -0.0300. The molecular formula is C15H33Cl2N3O. The van der Waals surface area contributed by atoms with Crippen LogP contribution in [0.5, 0.6) is 0 Å². The molecule has 0 radical (unpaired) electrons. The molecule has 3 unspecified atom stereocenters.